The molecule has 4 nitrogen and oxygen atoms in total. The summed E-state index contributed by atoms with van der Waals surface area (Å²) >= 11 is 3.31. The largest absolute Gasteiger partial charge is 0.490 e. The summed E-state index contributed by atoms with van der Waals surface area (Å²) in [6.07, 6.45) is 5.20. The SMILES string of the molecule is O=C(Nc1ccc(Br)cn1)c1ccccc1OC1CCC1. The van der Waals surface area contributed by atoms with E-state index < -0.39 is 0 Å². The predicted octanol–water partition coefficient (Wildman–Crippen LogP) is 4.03. The maximum Gasteiger partial charge on any atom is 0.260 e. The third-order valence-electron chi connectivity index (χ3n) is 3.45. The lowest BCUT2D eigenvalue weighted by molar-refractivity contribution is 0.0991. The van der Waals surface area contributed by atoms with E-state index in [1.807, 2.05) is 24.3 Å². The standard InChI is InChI=1S/C16H15BrN2O2/c17-11-8-9-15(18-10-11)19-16(20)13-6-1-2-7-14(13)21-12-4-3-5-12/h1-2,6-10,12H,3-5H2,(H,18,19,20). The van der Waals surface area contributed by atoms with Crippen molar-refractivity contribution in [1.82, 2.24) is 4.98 Å². The van der Waals surface area contributed by atoms with Gasteiger partial charge in [0.25, 0.3) is 5.91 Å². The number of para-hydroxylation sites is 1. The Hall–Kier alpha value is -1.88. The number of anilines is 1. The Kier molecular flexibility index (Phi) is 4.20. The Labute approximate surface area is 131 Å². The first-order chi connectivity index (χ1) is 10.2. The number of nitrogens with one attached hydrogen (secondary N) is 1. The molecule has 0 atom stereocenters. The van der Waals surface area contributed by atoms with Crippen molar-refractivity contribution < 1.29 is 9.53 Å². The highest BCUT2D eigenvalue weighted by Crippen LogP contribution is 2.28. The Morgan fingerprint density at radius 2 is 2.05 bits per heavy atom. The fraction of sp³-hybridized carbons (Fsp3) is 0.250. The van der Waals surface area contributed by atoms with Crippen molar-refractivity contribution in [2.45, 2.75) is 25.4 Å². The van der Waals surface area contributed by atoms with Crippen molar-refractivity contribution in [2.75, 3.05) is 5.32 Å². The molecule has 0 unspecified atom stereocenters. The molecule has 5 heteroatoms. The lowest BCUT2D eigenvalue weighted by Gasteiger charge is -2.27. The van der Waals surface area contributed by atoms with Crippen LogP contribution in [0, 0.1) is 0 Å². The van der Waals surface area contributed by atoms with Gasteiger partial charge in [-0.05, 0) is 59.5 Å². The molecule has 0 aliphatic heterocycles. The molecule has 0 bridgehead atoms. The first kappa shape index (κ1) is 14.1. The lowest BCUT2D eigenvalue weighted by Crippen LogP contribution is -2.26. The van der Waals surface area contributed by atoms with E-state index in [9.17, 15) is 4.79 Å². The van der Waals surface area contributed by atoms with Crippen LogP contribution < -0.4 is 10.1 Å². The van der Waals surface area contributed by atoms with Gasteiger partial charge >= 0.3 is 0 Å². The number of rotatable bonds is 4. The molecule has 1 aromatic heterocycles. The van der Waals surface area contributed by atoms with Crippen LogP contribution in [0.15, 0.2) is 47.1 Å². The quantitative estimate of drug-likeness (QED) is 0.909. The Morgan fingerprint density at radius 3 is 2.71 bits per heavy atom. The monoisotopic (exact) mass is 346 g/mol. The number of aromatic nitrogens is 1. The summed E-state index contributed by atoms with van der Waals surface area (Å²) in [4.78, 5) is 16.5. The van der Waals surface area contributed by atoms with Crippen molar-refractivity contribution in [3.05, 3.63) is 52.6 Å². The van der Waals surface area contributed by atoms with E-state index >= 15 is 0 Å². The number of hydrogen-bond acceptors (Lipinski definition) is 3. The molecule has 3 rings (SSSR count). The molecule has 1 heterocycles. The van der Waals surface area contributed by atoms with Gasteiger partial charge in [-0.3, -0.25) is 4.79 Å². The number of pyridine rings is 1. The summed E-state index contributed by atoms with van der Waals surface area (Å²) in [5.41, 5.74) is 0.536. The van der Waals surface area contributed by atoms with Crippen molar-refractivity contribution in [3.8, 4) is 5.75 Å². The first-order valence-corrected chi connectivity index (χ1v) is 7.70. The van der Waals surface area contributed by atoms with Crippen LogP contribution in [0.1, 0.15) is 29.6 Å². The number of carbonyl (C=O) groups excluding carboxylic acids is 1. The van der Waals surface area contributed by atoms with E-state index in [1.165, 1.54) is 6.42 Å². The zero-order valence-electron chi connectivity index (χ0n) is 11.4. The van der Waals surface area contributed by atoms with Crippen LogP contribution in [-0.4, -0.2) is 17.0 Å². The van der Waals surface area contributed by atoms with Gasteiger partial charge in [-0.15, -0.1) is 0 Å². The van der Waals surface area contributed by atoms with E-state index in [2.05, 4.69) is 26.2 Å². The van der Waals surface area contributed by atoms with Crippen LogP contribution >= 0.6 is 15.9 Å². The minimum absolute atomic E-state index is 0.209. The van der Waals surface area contributed by atoms with Crippen molar-refractivity contribution >= 4 is 27.7 Å². The topological polar surface area (TPSA) is 51.2 Å². The molecule has 1 saturated carbocycles. The minimum Gasteiger partial charge on any atom is -0.490 e. The number of carbonyl (C=O) groups is 1. The van der Waals surface area contributed by atoms with Crippen LogP contribution in [0.2, 0.25) is 0 Å². The van der Waals surface area contributed by atoms with Crippen molar-refractivity contribution in [3.63, 3.8) is 0 Å². The van der Waals surface area contributed by atoms with Gasteiger partial charge in [-0.1, -0.05) is 12.1 Å². The molecule has 1 aliphatic rings. The predicted molar refractivity (Wildman–Crippen MR) is 84.6 cm³/mol. The molecule has 1 amide bonds. The highest BCUT2D eigenvalue weighted by molar-refractivity contribution is 9.10. The molecule has 1 fully saturated rings. The average molecular weight is 347 g/mol. The normalized spacial score (nSPS) is 14.3. The maximum absolute atomic E-state index is 12.4. The van der Waals surface area contributed by atoms with Crippen LogP contribution in [0.4, 0.5) is 5.82 Å². The van der Waals surface area contributed by atoms with Crippen molar-refractivity contribution in [2.24, 2.45) is 0 Å². The summed E-state index contributed by atoms with van der Waals surface area (Å²) < 4.78 is 6.74. The summed E-state index contributed by atoms with van der Waals surface area (Å²) in [5, 5.41) is 2.78. The van der Waals surface area contributed by atoms with Gasteiger partial charge in [0, 0.05) is 10.7 Å². The second-order valence-corrected chi connectivity index (χ2v) is 5.90. The molecule has 2 aromatic rings. The molecule has 1 aliphatic carbocycles. The highest BCUT2D eigenvalue weighted by atomic mass is 79.9. The summed E-state index contributed by atoms with van der Waals surface area (Å²) in [7, 11) is 0. The highest BCUT2D eigenvalue weighted by Gasteiger charge is 2.21. The van der Waals surface area contributed by atoms with Gasteiger partial charge in [0.15, 0.2) is 0 Å². The molecule has 1 aromatic carbocycles. The zero-order chi connectivity index (χ0) is 14.7. The smallest absolute Gasteiger partial charge is 0.260 e. The van der Waals surface area contributed by atoms with E-state index in [1.54, 1.807) is 18.3 Å². The third kappa shape index (κ3) is 3.42. The van der Waals surface area contributed by atoms with Gasteiger partial charge in [-0.25, -0.2) is 4.98 Å². The molecular weight excluding hydrogens is 332 g/mol. The molecule has 1 N–H and O–H groups in total. The number of halogens is 1. The molecule has 108 valence electrons. The Morgan fingerprint density at radius 1 is 1.24 bits per heavy atom. The van der Waals surface area contributed by atoms with Gasteiger partial charge < -0.3 is 10.1 Å². The number of amides is 1. The second kappa shape index (κ2) is 6.26. The van der Waals surface area contributed by atoms with Gasteiger partial charge in [0.2, 0.25) is 0 Å². The fourth-order valence-corrected chi connectivity index (χ4v) is 2.29. The second-order valence-electron chi connectivity index (χ2n) is 4.98. The average Bonchev–Trinajstić information content (AvgIpc) is 2.46. The van der Waals surface area contributed by atoms with Crippen LogP contribution in [0.5, 0.6) is 5.75 Å². The molecule has 0 spiro atoms. The van der Waals surface area contributed by atoms with E-state index in [4.69, 9.17) is 4.74 Å². The third-order valence-corrected chi connectivity index (χ3v) is 3.92. The van der Waals surface area contributed by atoms with E-state index in [0.717, 1.165) is 17.3 Å². The Balaban J connectivity index is 1.75. The lowest BCUT2D eigenvalue weighted by atomic mass is 9.96. The Bertz CT molecular complexity index is 639. The summed E-state index contributed by atoms with van der Waals surface area (Å²) in [5.74, 6) is 0.943. The van der Waals surface area contributed by atoms with Crippen LogP contribution in [0.25, 0.3) is 0 Å². The summed E-state index contributed by atoms with van der Waals surface area (Å²) in [6.45, 7) is 0. The number of hydrogen-bond donors (Lipinski definition) is 1. The number of ether oxygens (including phenoxy) is 1. The molecule has 0 saturated heterocycles. The first-order valence-electron chi connectivity index (χ1n) is 6.91. The van der Waals surface area contributed by atoms with Gasteiger partial charge in [0.1, 0.15) is 11.6 Å². The van der Waals surface area contributed by atoms with Crippen LogP contribution in [0.3, 0.4) is 0 Å². The summed E-state index contributed by atoms with van der Waals surface area (Å²) in [6, 6.07) is 10.9. The van der Waals surface area contributed by atoms with Crippen LogP contribution in [-0.2, 0) is 0 Å². The molecule has 0 radical (unpaired) electrons. The van der Waals surface area contributed by atoms with E-state index in [0.29, 0.717) is 17.1 Å². The maximum atomic E-state index is 12.4. The number of nitrogens with zero attached hydrogens (tertiary/aromatic N) is 1. The number of benzene rings is 1. The zero-order valence-corrected chi connectivity index (χ0v) is 13.0. The van der Waals surface area contributed by atoms with Crippen molar-refractivity contribution in [1.29, 1.82) is 0 Å². The van der Waals surface area contributed by atoms with Gasteiger partial charge in [-0.2, -0.15) is 0 Å². The molecular formula is C16H15BrN2O2. The van der Waals surface area contributed by atoms with Gasteiger partial charge in [0.05, 0.1) is 11.7 Å². The fourth-order valence-electron chi connectivity index (χ4n) is 2.06. The minimum atomic E-state index is -0.209. The molecule has 21 heavy (non-hydrogen) atoms. The van der Waals surface area contributed by atoms with E-state index in [-0.39, 0.29) is 12.0 Å².